The van der Waals surface area contributed by atoms with Gasteiger partial charge in [0.25, 0.3) is 0 Å². The molecule has 0 aromatic heterocycles. The number of carboxylic acids is 1. The number of amides is 1. The first-order valence-corrected chi connectivity index (χ1v) is 6.71. The summed E-state index contributed by atoms with van der Waals surface area (Å²) < 4.78 is 5.30. The van der Waals surface area contributed by atoms with Crippen LogP contribution in [0.3, 0.4) is 0 Å². The maximum atomic E-state index is 12.3. The van der Waals surface area contributed by atoms with E-state index in [0.717, 1.165) is 12.6 Å². The van der Waals surface area contributed by atoms with Crippen molar-refractivity contribution < 1.29 is 24.5 Å². The fraction of sp³-hybridized carbons (Fsp3) is 0.429. The van der Waals surface area contributed by atoms with Crippen LogP contribution in [-0.2, 0) is 9.53 Å². The van der Waals surface area contributed by atoms with E-state index in [4.69, 9.17) is 9.84 Å². The number of carboxylic acid groups (broad SMARTS) is 1. The van der Waals surface area contributed by atoms with Crippen molar-refractivity contribution in [3.05, 3.63) is 23.8 Å². The van der Waals surface area contributed by atoms with E-state index in [1.54, 1.807) is 0 Å². The Labute approximate surface area is 121 Å². The van der Waals surface area contributed by atoms with Gasteiger partial charge in [0.2, 0.25) is 5.91 Å². The number of hydrogen-bond acceptors (Lipinski definition) is 5. The molecule has 0 radical (unpaired) electrons. The van der Waals surface area contributed by atoms with Gasteiger partial charge in [-0.3, -0.25) is 4.79 Å². The molecule has 0 spiro atoms. The minimum absolute atomic E-state index is 0.0830. The van der Waals surface area contributed by atoms with Gasteiger partial charge in [0.15, 0.2) is 0 Å². The van der Waals surface area contributed by atoms with Gasteiger partial charge in [0.05, 0.1) is 30.4 Å². The smallest absolute Gasteiger partial charge is 0.337 e. The molecule has 1 fully saturated rings. The molecule has 1 heterocycles. The standard InChI is InChI=1S/C14H18N2O5/c1-2-15-12-7-21-6-10(12)13(18)16-11-4-3-8(17)5-9(11)14(19)20/h3-5,10,12,15,17H,2,6-7H2,1H3,(H,16,18)(H,19,20). The zero-order valence-electron chi connectivity index (χ0n) is 11.6. The van der Waals surface area contributed by atoms with Gasteiger partial charge in [0.1, 0.15) is 5.75 Å². The lowest BCUT2D eigenvalue weighted by Gasteiger charge is -2.18. The lowest BCUT2D eigenvalue weighted by atomic mass is 10.0. The molecule has 4 N–H and O–H groups in total. The average Bonchev–Trinajstić information content (AvgIpc) is 2.89. The second-order valence-corrected chi connectivity index (χ2v) is 4.83. The van der Waals surface area contributed by atoms with Crippen LogP contribution in [0.2, 0.25) is 0 Å². The highest BCUT2D eigenvalue weighted by Gasteiger charge is 2.33. The number of carbonyl (C=O) groups excluding carboxylic acids is 1. The summed E-state index contributed by atoms with van der Waals surface area (Å²) in [6.07, 6.45) is 0. The Bertz CT molecular complexity index is 546. The van der Waals surface area contributed by atoms with Crippen LogP contribution in [0.15, 0.2) is 18.2 Å². The molecular weight excluding hydrogens is 276 g/mol. The topological polar surface area (TPSA) is 108 Å². The first-order chi connectivity index (χ1) is 10.0. The Kier molecular flexibility index (Phi) is 4.77. The number of rotatable bonds is 5. The van der Waals surface area contributed by atoms with E-state index >= 15 is 0 Å². The zero-order chi connectivity index (χ0) is 15.4. The second kappa shape index (κ2) is 6.55. The number of nitrogens with one attached hydrogen (secondary N) is 2. The number of phenols is 1. The maximum Gasteiger partial charge on any atom is 0.337 e. The van der Waals surface area contributed by atoms with Gasteiger partial charge < -0.3 is 25.6 Å². The number of hydrogen-bond donors (Lipinski definition) is 4. The molecule has 1 aliphatic heterocycles. The predicted octanol–water partition coefficient (Wildman–Crippen LogP) is 0.653. The van der Waals surface area contributed by atoms with Crippen LogP contribution in [0.5, 0.6) is 5.75 Å². The zero-order valence-corrected chi connectivity index (χ0v) is 11.6. The van der Waals surface area contributed by atoms with Crippen LogP contribution < -0.4 is 10.6 Å². The van der Waals surface area contributed by atoms with Gasteiger partial charge in [0, 0.05) is 6.04 Å². The lowest BCUT2D eigenvalue weighted by Crippen LogP contribution is -2.41. The Balaban J connectivity index is 2.14. The van der Waals surface area contributed by atoms with Crippen LogP contribution >= 0.6 is 0 Å². The van der Waals surface area contributed by atoms with Crippen LogP contribution in [0, 0.1) is 5.92 Å². The van der Waals surface area contributed by atoms with E-state index < -0.39 is 5.97 Å². The highest BCUT2D eigenvalue weighted by molar-refractivity contribution is 6.01. The molecule has 2 atom stereocenters. The fourth-order valence-corrected chi connectivity index (χ4v) is 2.32. The number of aromatic hydroxyl groups is 1. The van der Waals surface area contributed by atoms with Crippen LogP contribution in [0.1, 0.15) is 17.3 Å². The molecule has 0 aliphatic carbocycles. The highest BCUT2D eigenvalue weighted by atomic mass is 16.5. The molecule has 7 nitrogen and oxygen atoms in total. The quantitative estimate of drug-likeness (QED) is 0.594. The molecule has 114 valence electrons. The minimum atomic E-state index is -1.22. The van der Waals surface area contributed by atoms with E-state index in [9.17, 15) is 14.7 Å². The third kappa shape index (κ3) is 3.50. The molecule has 1 aromatic carbocycles. The Morgan fingerprint density at radius 3 is 2.81 bits per heavy atom. The van der Waals surface area contributed by atoms with Gasteiger partial charge in [-0.15, -0.1) is 0 Å². The van der Waals surface area contributed by atoms with Crippen molar-refractivity contribution >= 4 is 17.6 Å². The Hall–Kier alpha value is -2.12. The molecule has 0 saturated carbocycles. The van der Waals surface area contributed by atoms with Crippen molar-refractivity contribution in [3.8, 4) is 5.75 Å². The Morgan fingerprint density at radius 2 is 2.14 bits per heavy atom. The van der Waals surface area contributed by atoms with E-state index in [1.165, 1.54) is 12.1 Å². The number of carbonyl (C=O) groups is 2. The summed E-state index contributed by atoms with van der Waals surface area (Å²) in [4.78, 5) is 23.4. The summed E-state index contributed by atoms with van der Waals surface area (Å²) in [5.41, 5.74) is 0.00899. The maximum absolute atomic E-state index is 12.3. The number of likely N-dealkylation sites (N-methyl/N-ethyl adjacent to an activating group) is 1. The lowest BCUT2D eigenvalue weighted by molar-refractivity contribution is -0.120. The first kappa shape index (κ1) is 15.3. The van der Waals surface area contributed by atoms with Gasteiger partial charge in [-0.2, -0.15) is 0 Å². The second-order valence-electron chi connectivity index (χ2n) is 4.83. The average molecular weight is 294 g/mol. The summed E-state index contributed by atoms with van der Waals surface area (Å²) in [6, 6.07) is 3.72. The number of phenolic OH excluding ortho intramolecular Hbond substituents is 1. The van der Waals surface area contributed by atoms with Gasteiger partial charge in [-0.25, -0.2) is 4.79 Å². The van der Waals surface area contributed by atoms with Crippen molar-refractivity contribution in [2.24, 2.45) is 5.92 Å². The van der Waals surface area contributed by atoms with E-state index in [-0.39, 0.29) is 34.9 Å². The third-order valence-electron chi connectivity index (χ3n) is 3.38. The van der Waals surface area contributed by atoms with Crippen molar-refractivity contribution in [3.63, 3.8) is 0 Å². The third-order valence-corrected chi connectivity index (χ3v) is 3.38. The predicted molar refractivity (Wildman–Crippen MR) is 75.5 cm³/mol. The minimum Gasteiger partial charge on any atom is -0.508 e. The summed E-state index contributed by atoms with van der Waals surface area (Å²) in [7, 11) is 0. The van der Waals surface area contributed by atoms with Crippen molar-refractivity contribution in [1.29, 1.82) is 0 Å². The van der Waals surface area contributed by atoms with Gasteiger partial charge in [-0.1, -0.05) is 6.92 Å². The molecule has 2 unspecified atom stereocenters. The van der Waals surface area contributed by atoms with Crippen LogP contribution in [0.25, 0.3) is 0 Å². The molecule has 21 heavy (non-hydrogen) atoms. The molecule has 1 saturated heterocycles. The fourth-order valence-electron chi connectivity index (χ4n) is 2.32. The molecule has 1 amide bonds. The van der Waals surface area contributed by atoms with E-state index in [1.807, 2.05) is 6.92 Å². The van der Waals surface area contributed by atoms with Crippen molar-refractivity contribution in [2.45, 2.75) is 13.0 Å². The molecule has 0 bridgehead atoms. The highest BCUT2D eigenvalue weighted by Crippen LogP contribution is 2.23. The SMILES string of the molecule is CCNC1COCC1C(=O)Nc1ccc(O)cc1C(=O)O. The molecule has 2 rings (SSSR count). The van der Waals surface area contributed by atoms with E-state index in [0.29, 0.717) is 13.2 Å². The largest absolute Gasteiger partial charge is 0.508 e. The first-order valence-electron chi connectivity index (χ1n) is 6.71. The number of anilines is 1. The van der Waals surface area contributed by atoms with Gasteiger partial charge >= 0.3 is 5.97 Å². The number of benzene rings is 1. The van der Waals surface area contributed by atoms with Crippen LogP contribution in [-0.4, -0.2) is 47.9 Å². The Morgan fingerprint density at radius 1 is 1.38 bits per heavy atom. The molecular formula is C14H18N2O5. The summed E-state index contributed by atoms with van der Waals surface area (Å²) in [6.45, 7) is 3.41. The molecule has 1 aromatic rings. The van der Waals surface area contributed by atoms with Gasteiger partial charge in [-0.05, 0) is 24.7 Å². The summed E-state index contributed by atoms with van der Waals surface area (Å²) in [5.74, 6) is -2.06. The summed E-state index contributed by atoms with van der Waals surface area (Å²) in [5, 5.41) is 24.2. The monoisotopic (exact) mass is 294 g/mol. The molecule has 1 aliphatic rings. The van der Waals surface area contributed by atoms with E-state index in [2.05, 4.69) is 10.6 Å². The number of ether oxygens (including phenoxy) is 1. The van der Waals surface area contributed by atoms with Crippen molar-refractivity contribution in [2.75, 3.05) is 25.1 Å². The number of aromatic carboxylic acids is 1. The van der Waals surface area contributed by atoms with Crippen LogP contribution in [0.4, 0.5) is 5.69 Å². The molecule has 7 heteroatoms. The summed E-state index contributed by atoms with van der Waals surface area (Å²) >= 11 is 0. The van der Waals surface area contributed by atoms with Crippen molar-refractivity contribution in [1.82, 2.24) is 5.32 Å². The normalized spacial score (nSPS) is 21.2.